The summed E-state index contributed by atoms with van der Waals surface area (Å²) < 4.78 is 0.829. The Bertz CT molecular complexity index is 834. The van der Waals surface area contributed by atoms with E-state index >= 15 is 0 Å². The van der Waals surface area contributed by atoms with Gasteiger partial charge in [-0.3, -0.25) is 9.78 Å². The Labute approximate surface area is 139 Å². The molecule has 0 bridgehead atoms. The fraction of sp³-hybridized carbons (Fsp3) is 0.125. The number of nitrogens with one attached hydrogen (secondary N) is 1. The summed E-state index contributed by atoms with van der Waals surface area (Å²) in [4.78, 5) is 16.8. The monoisotopic (exact) mass is 376 g/mol. The second-order valence-electron chi connectivity index (χ2n) is 4.84. The van der Waals surface area contributed by atoms with Gasteiger partial charge in [0.25, 0.3) is 0 Å². The number of phenols is 1. The lowest BCUT2D eigenvalue weighted by atomic mass is 10.0. The summed E-state index contributed by atoms with van der Waals surface area (Å²) in [6.07, 6.45) is 1.64. The third-order valence-corrected chi connectivity index (χ3v) is 4.92. The molecule has 0 aliphatic rings. The van der Waals surface area contributed by atoms with Gasteiger partial charge in [0.05, 0.1) is 6.04 Å². The molecule has 0 aliphatic heterocycles. The minimum Gasteiger partial charge on any atom is -0.505 e. The van der Waals surface area contributed by atoms with Gasteiger partial charge in [-0.2, -0.15) is 0 Å². The van der Waals surface area contributed by atoms with Gasteiger partial charge < -0.3 is 10.4 Å². The molecule has 0 saturated heterocycles. The zero-order valence-electron chi connectivity index (χ0n) is 11.7. The number of phenolic OH excluding ortho intramolecular Hbond substituents is 1. The SMILES string of the molecule is CC(=O)NC(c1cccs1)c1cc(Br)c2cccnc2c1O. The Kier molecular flexibility index (Phi) is 4.13. The molecule has 0 spiro atoms. The van der Waals surface area contributed by atoms with E-state index in [0.29, 0.717) is 11.1 Å². The number of nitrogens with zero attached hydrogens (tertiary/aromatic N) is 1. The van der Waals surface area contributed by atoms with E-state index in [2.05, 4.69) is 26.2 Å². The highest BCUT2D eigenvalue weighted by atomic mass is 79.9. The fourth-order valence-corrected chi connectivity index (χ4v) is 3.75. The molecular weight excluding hydrogens is 364 g/mol. The van der Waals surface area contributed by atoms with Crippen LogP contribution in [0.4, 0.5) is 0 Å². The third kappa shape index (κ3) is 2.71. The van der Waals surface area contributed by atoms with Crippen LogP contribution in [0.25, 0.3) is 10.9 Å². The first kappa shape index (κ1) is 15.0. The molecule has 112 valence electrons. The highest BCUT2D eigenvalue weighted by molar-refractivity contribution is 9.10. The highest BCUT2D eigenvalue weighted by Crippen LogP contribution is 2.39. The molecule has 1 atom stereocenters. The first-order valence-electron chi connectivity index (χ1n) is 6.64. The summed E-state index contributed by atoms with van der Waals surface area (Å²) in [5, 5.41) is 16.3. The summed E-state index contributed by atoms with van der Waals surface area (Å²) in [6.45, 7) is 1.46. The molecule has 6 heteroatoms. The maximum absolute atomic E-state index is 11.6. The molecule has 2 aromatic heterocycles. The van der Waals surface area contributed by atoms with Crippen molar-refractivity contribution in [2.45, 2.75) is 13.0 Å². The van der Waals surface area contributed by atoms with Crippen molar-refractivity contribution in [3.05, 3.63) is 56.8 Å². The van der Waals surface area contributed by atoms with Crippen molar-refractivity contribution in [3.63, 3.8) is 0 Å². The lowest BCUT2D eigenvalue weighted by molar-refractivity contribution is -0.119. The smallest absolute Gasteiger partial charge is 0.217 e. The van der Waals surface area contributed by atoms with Crippen LogP contribution in [0.2, 0.25) is 0 Å². The lowest BCUT2D eigenvalue weighted by Crippen LogP contribution is -2.26. The standard InChI is InChI=1S/C16H13BrN2O2S/c1-9(20)19-14(13-5-3-7-22-13)11-8-12(17)10-4-2-6-18-15(10)16(11)21/h2-8,14,21H,1H3,(H,19,20). The molecule has 1 aromatic carbocycles. The van der Waals surface area contributed by atoms with Crippen LogP contribution in [0.3, 0.4) is 0 Å². The first-order chi connectivity index (χ1) is 10.6. The van der Waals surface area contributed by atoms with Gasteiger partial charge in [0, 0.05) is 33.4 Å². The molecule has 0 aliphatic carbocycles. The fourth-order valence-electron chi connectivity index (χ4n) is 2.39. The van der Waals surface area contributed by atoms with E-state index < -0.39 is 6.04 Å². The van der Waals surface area contributed by atoms with Crippen LogP contribution in [0.1, 0.15) is 23.4 Å². The number of carbonyl (C=O) groups is 1. The number of rotatable bonds is 3. The van der Waals surface area contributed by atoms with E-state index in [4.69, 9.17) is 0 Å². The maximum atomic E-state index is 11.6. The van der Waals surface area contributed by atoms with Crippen LogP contribution in [0, 0.1) is 0 Å². The zero-order valence-corrected chi connectivity index (χ0v) is 14.1. The van der Waals surface area contributed by atoms with E-state index in [0.717, 1.165) is 14.7 Å². The predicted octanol–water partition coefficient (Wildman–Crippen LogP) is 3.99. The van der Waals surface area contributed by atoms with Crippen LogP contribution in [-0.2, 0) is 4.79 Å². The minimum absolute atomic E-state index is 0.0888. The molecule has 3 rings (SSSR count). The first-order valence-corrected chi connectivity index (χ1v) is 8.32. The molecule has 22 heavy (non-hydrogen) atoms. The van der Waals surface area contributed by atoms with Gasteiger partial charge in [-0.25, -0.2) is 0 Å². The number of carbonyl (C=O) groups excluding carboxylic acids is 1. The molecule has 1 unspecified atom stereocenters. The average Bonchev–Trinajstić information content (AvgIpc) is 3.03. The molecule has 3 aromatic rings. The molecule has 2 heterocycles. The Hall–Kier alpha value is -1.92. The molecule has 0 saturated carbocycles. The third-order valence-electron chi connectivity index (χ3n) is 3.33. The highest BCUT2D eigenvalue weighted by Gasteiger charge is 2.22. The summed E-state index contributed by atoms with van der Waals surface area (Å²) in [5.41, 5.74) is 1.13. The lowest BCUT2D eigenvalue weighted by Gasteiger charge is -2.19. The largest absolute Gasteiger partial charge is 0.505 e. The van der Waals surface area contributed by atoms with Gasteiger partial charge >= 0.3 is 0 Å². The van der Waals surface area contributed by atoms with Crippen molar-refractivity contribution in [3.8, 4) is 5.75 Å². The molecule has 1 amide bonds. The van der Waals surface area contributed by atoms with E-state index in [1.807, 2.05) is 35.7 Å². The second-order valence-corrected chi connectivity index (χ2v) is 6.68. The summed E-state index contributed by atoms with van der Waals surface area (Å²) in [7, 11) is 0. The van der Waals surface area contributed by atoms with Crippen molar-refractivity contribution < 1.29 is 9.90 Å². The number of aromatic nitrogens is 1. The zero-order chi connectivity index (χ0) is 15.7. The molecule has 2 N–H and O–H groups in total. The average molecular weight is 377 g/mol. The van der Waals surface area contributed by atoms with Gasteiger partial charge in [0.2, 0.25) is 5.91 Å². The number of fused-ring (bicyclic) bond motifs is 1. The van der Waals surface area contributed by atoms with Crippen LogP contribution in [-0.4, -0.2) is 16.0 Å². The molecule has 4 nitrogen and oxygen atoms in total. The normalized spacial score (nSPS) is 12.3. The van der Waals surface area contributed by atoms with Gasteiger partial charge in [-0.15, -0.1) is 11.3 Å². The van der Waals surface area contributed by atoms with E-state index in [1.165, 1.54) is 18.3 Å². The van der Waals surface area contributed by atoms with Crippen molar-refractivity contribution in [2.24, 2.45) is 0 Å². The molecule has 0 fully saturated rings. The van der Waals surface area contributed by atoms with Crippen molar-refractivity contribution in [1.29, 1.82) is 0 Å². The van der Waals surface area contributed by atoms with Crippen molar-refractivity contribution >= 4 is 44.1 Å². The number of halogens is 1. The number of hydrogen-bond acceptors (Lipinski definition) is 4. The number of thiophene rings is 1. The van der Waals surface area contributed by atoms with Crippen LogP contribution in [0.15, 0.2) is 46.4 Å². The summed E-state index contributed by atoms with van der Waals surface area (Å²) in [5.74, 6) is -0.0685. The summed E-state index contributed by atoms with van der Waals surface area (Å²) >= 11 is 5.05. The van der Waals surface area contributed by atoms with Crippen molar-refractivity contribution in [1.82, 2.24) is 10.3 Å². The number of amides is 1. The molecular formula is C16H13BrN2O2S. The Morgan fingerprint density at radius 1 is 1.41 bits per heavy atom. The number of hydrogen-bond donors (Lipinski definition) is 2. The van der Waals surface area contributed by atoms with Gasteiger partial charge in [-0.1, -0.05) is 28.1 Å². The van der Waals surface area contributed by atoms with Crippen LogP contribution in [0.5, 0.6) is 5.75 Å². The summed E-state index contributed by atoms with van der Waals surface area (Å²) in [6, 6.07) is 8.98. The second kappa shape index (κ2) is 6.06. The van der Waals surface area contributed by atoms with Gasteiger partial charge in [0.1, 0.15) is 11.3 Å². The Morgan fingerprint density at radius 2 is 2.23 bits per heavy atom. The van der Waals surface area contributed by atoms with Crippen molar-refractivity contribution in [2.75, 3.05) is 0 Å². The number of benzene rings is 1. The number of aromatic hydroxyl groups is 1. The Balaban J connectivity index is 2.22. The topological polar surface area (TPSA) is 62.2 Å². The molecule has 0 radical (unpaired) electrons. The van der Waals surface area contributed by atoms with Crippen LogP contribution >= 0.6 is 27.3 Å². The Morgan fingerprint density at radius 3 is 2.91 bits per heavy atom. The predicted molar refractivity (Wildman–Crippen MR) is 91.1 cm³/mol. The van der Waals surface area contributed by atoms with E-state index in [-0.39, 0.29) is 11.7 Å². The van der Waals surface area contributed by atoms with Gasteiger partial charge in [-0.05, 0) is 23.6 Å². The van der Waals surface area contributed by atoms with Crippen LogP contribution < -0.4 is 5.32 Å². The van der Waals surface area contributed by atoms with E-state index in [9.17, 15) is 9.90 Å². The van der Waals surface area contributed by atoms with E-state index in [1.54, 1.807) is 6.20 Å². The minimum atomic E-state index is -0.403. The maximum Gasteiger partial charge on any atom is 0.217 e. The van der Waals surface area contributed by atoms with Gasteiger partial charge in [0.15, 0.2) is 0 Å². The number of pyridine rings is 1. The quantitative estimate of drug-likeness (QED) is 0.726.